The molecule has 2 N–H and O–H groups in total. The molecule has 0 fully saturated rings. The van der Waals surface area contributed by atoms with E-state index in [1.807, 2.05) is 12.1 Å². The smallest absolute Gasteiger partial charge is 0.449 e. The number of para-hydroxylation sites is 1. The highest BCUT2D eigenvalue weighted by atomic mass is 19.4. The Morgan fingerprint density at radius 2 is 1.75 bits per heavy atom. The summed E-state index contributed by atoms with van der Waals surface area (Å²) >= 11 is 0. The molecule has 0 aliphatic heterocycles. The predicted molar refractivity (Wildman–Crippen MR) is 112 cm³/mol. The first-order chi connectivity index (χ1) is 15.3. The van der Waals surface area contributed by atoms with Crippen molar-refractivity contribution in [1.82, 2.24) is 9.97 Å². The lowest BCUT2D eigenvalue weighted by molar-refractivity contribution is -0.145. The summed E-state index contributed by atoms with van der Waals surface area (Å²) in [7, 11) is 0. The van der Waals surface area contributed by atoms with Gasteiger partial charge in [0.25, 0.3) is 0 Å². The van der Waals surface area contributed by atoms with Crippen LogP contribution in [0.3, 0.4) is 0 Å². The monoisotopic (exact) mass is 443 g/mol. The third-order valence-corrected chi connectivity index (χ3v) is 5.25. The lowest BCUT2D eigenvalue weighted by Gasteiger charge is -2.20. The van der Waals surface area contributed by atoms with Gasteiger partial charge in [-0.1, -0.05) is 42.5 Å². The van der Waals surface area contributed by atoms with Crippen LogP contribution in [0.25, 0.3) is 11.1 Å². The minimum absolute atomic E-state index is 0.221. The van der Waals surface area contributed by atoms with Crippen molar-refractivity contribution in [1.29, 1.82) is 0 Å². The summed E-state index contributed by atoms with van der Waals surface area (Å²) in [5.41, 5.74) is 3.42. The molecule has 4 rings (SSSR count). The first-order valence-corrected chi connectivity index (χ1v) is 10.1. The van der Waals surface area contributed by atoms with Crippen molar-refractivity contribution in [2.45, 2.75) is 38.4 Å². The van der Waals surface area contributed by atoms with Gasteiger partial charge in [0.15, 0.2) is 0 Å². The Kier molecular flexibility index (Phi) is 5.98. The molecule has 0 amide bonds. The third kappa shape index (κ3) is 4.82. The maximum Gasteiger partial charge on any atom is 0.511 e. The van der Waals surface area contributed by atoms with Crippen LogP contribution in [0.1, 0.15) is 35.5 Å². The van der Waals surface area contributed by atoms with Crippen LogP contribution in [-0.4, -0.2) is 21.2 Å². The van der Waals surface area contributed by atoms with Crippen molar-refractivity contribution in [3.05, 3.63) is 71.2 Å². The number of aryl methyl sites for hydroxylation is 1. The maximum absolute atomic E-state index is 13.2. The Hall–Kier alpha value is -3.62. The van der Waals surface area contributed by atoms with Crippen LogP contribution in [0, 0.1) is 0 Å². The van der Waals surface area contributed by atoms with Gasteiger partial charge in [-0.05, 0) is 42.9 Å². The Bertz CT molecular complexity index is 1130. The van der Waals surface area contributed by atoms with E-state index in [-0.39, 0.29) is 18.1 Å². The number of ether oxygens (including phenoxy) is 1. The van der Waals surface area contributed by atoms with Gasteiger partial charge in [-0.25, -0.2) is 14.8 Å². The largest absolute Gasteiger partial charge is 0.511 e. The highest BCUT2D eigenvalue weighted by Crippen LogP contribution is 2.33. The Morgan fingerprint density at radius 1 is 1.03 bits per heavy atom. The van der Waals surface area contributed by atoms with E-state index in [4.69, 9.17) is 9.84 Å². The van der Waals surface area contributed by atoms with Crippen LogP contribution in [-0.2, 0) is 25.6 Å². The minimum atomic E-state index is -4.60. The first kappa shape index (κ1) is 21.6. The van der Waals surface area contributed by atoms with E-state index in [2.05, 4.69) is 15.3 Å². The van der Waals surface area contributed by atoms with E-state index in [0.29, 0.717) is 24.1 Å². The van der Waals surface area contributed by atoms with Gasteiger partial charge in [0.2, 0.25) is 5.82 Å². The summed E-state index contributed by atoms with van der Waals surface area (Å²) in [4.78, 5) is 18.4. The van der Waals surface area contributed by atoms with Gasteiger partial charge in [0.05, 0.1) is 0 Å². The second-order valence-electron chi connectivity index (χ2n) is 7.44. The SMILES string of the molecule is O=C(O)Oc1ccccc1-c1ccc(CNc2nc(C(F)(F)F)nc3c2CCCC3)cc1. The van der Waals surface area contributed by atoms with Crippen molar-refractivity contribution in [3.63, 3.8) is 0 Å². The van der Waals surface area contributed by atoms with E-state index < -0.39 is 18.2 Å². The molecule has 1 aliphatic carbocycles. The van der Waals surface area contributed by atoms with E-state index in [1.165, 1.54) is 0 Å². The van der Waals surface area contributed by atoms with Gasteiger partial charge in [-0.3, -0.25) is 0 Å². The predicted octanol–water partition coefficient (Wildman–Crippen LogP) is 5.71. The van der Waals surface area contributed by atoms with Crippen molar-refractivity contribution in [2.24, 2.45) is 0 Å². The highest BCUT2D eigenvalue weighted by molar-refractivity contribution is 5.74. The number of rotatable bonds is 5. The Labute approximate surface area is 182 Å². The van der Waals surface area contributed by atoms with Gasteiger partial charge >= 0.3 is 12.3 Å². The van der Waals surface area contributed by atoms with Crippen LogP contribution in [0.4, 0.5) is 23.8 Å². The van der Waals surface area contributed by atoms with Crippen LogP contribution >= 0.6 is 0 Å². The van der Waals surface area contributed by atoms with Crippen molar-refractivity contribution < 1.29 is 27.8 Å². The molecule has 32 heavy (non-hydrogen) atoms. The fraction of sp³-hybridized carbons (Fsp3) is 0.261. The molecule has 1 aromatic heterocycles. The summed E-state index contributed by atoms with van der Waals surface area (Å²) in [6.07, 6.45) is -3.13. The number of aromatic nitrogens is 2. The van der Waals surface area contributed by atoms with Gasteiger partial charge in [0, 0.05) is 23.4 Å². The average Bonchev–Trinajstić information content (AvgIpc) is 2.77. The van der Waals surface area contributed by atoms with E-state index in [9.17, 15) is 18.0 Å². The van der Waals surface area contributed by atoms with Gasteiger partial charge in [0.1, 0.15) is 11.6 Å². The molecule has 2 aromatic carbocycles. The highest BCUT2D eigenvalue weighted by Gasteiger charge is 2.36. The molecule has 6 nitrogen and oxygen atoms in total. The number of nitrogens with one attached hydrogen (secondary N) is 1. The molecule has 1 heterocycles. The fourth-order valence-corrected chi connectivity index (χ4v) is 3.74. The Morgan fingerprint density at radius 3 is 2.47 bits per heavy atom. The van der Waals surface area contributed by atoms with E-state index >= 15 is 0 Å². The van der Waals surface area contributed by atoms with Crippen LogP contribution in [0.5, 0.6) is 5.75 Å². The standard InChI is InChI=1S/C23H20F3N3O3/c24-23(25,26)21-28-18-7-3-1-6-17(18)20(29-21)27-13-14-9-11-15(12-10-14)16-5-2-4-8-19(16)32-22(30)31/h2,4-5,8-12H,1,3,6-7,13H2,(H,30,31)(H,27,28,29). The molecule has 0 unspecified atom stereocenters. The molecule has 0 radical (unpaired) electrons. The van der Waals surface area contributed by atoms with Gasteiger partial charge in [-0.2, -0.15) is 13.2 Å². The number of alkyl halides is 3. The van der Waals surface area contributed by atoms with Crippen LogP contribution in [0.15, 0.2) is 48.5 Å². The summed E-state index contributed by atoms with van der Waals surface area (Å²) in [5.74, 6) is -0.671. The topological polar surface area (TPSA) is 84.3 Å². The van der Waals surface area contributed by atoms with Gasteiger partial charge in [-0.15, -0.1) is 0 Å². The number of carbonyl (C=O) groups is 1. The number of nitrogens with zero attached hydrogens (tertiary/aromatic N) is 2. The summed E-state index contributed by atoms with van der Waals surface area (Å²) < 4.78 is 44.5. The number of benzene rings is 2. The third-order valence-electron chi connectivity index (χ3n) is 5.25. The number of fused-ring (bicyclic) bond motifs is 1. The second-order valence-corrected chi connectivity index (χ2v) is 7.44. The second kappa shape index (κ2) is 8.86. The van der Waals surface area contributed by atoms with E-state index in [1.54, 1.807) is 36.4 Å². The van der Waals surface area contributed by atoms with Crippen LogP contribution < -0.4 is 10.1 Å². The zero-order chi connectivity index (χ0) is 22.7. The zero-order valence-corrected chi connectivity index (χ0v) is 16.9. The normalized spacial score (nSPS) is 13.3. The van der Waals surface area contributed by atoms with Crippen molar-refractivity contribution in [3.8, 4) is 16.9 Å². The Balaban J connectivity index is 1.54. The number of hydrogen-bond donors (Lipinski definition) is 2. The molecule has 0 saturated carbocycles. The summed E-state index contributed by atoms with van der Waals surface area (Å²) in [5, 5.41) is 11.9. The number of halogens is 3. The molecule has 1 aliphatic rings. The van der Waals surface area contributed by atoms with E-state index in [0.717, 1.165) is 29.5 Å². The quantitative estimate of drug-likeness (QED) is 0.388. The molecule has 3 aromatic rings. The number of anilines is 1. The summed E-state index contributed by atoms with van der Waals surface area (Å²) in [6, 6.07) is 14.0. The zero-order valence-electron chi connectivity index (χ0n) is 16.9. The molecule has 0 bridgehead atoms. The fourth-order valence-electron chi connectivity index (χ4n) is 3.74. The molecule has 0 saturated heterocycles. The molecule has 0 atom stereocenters. The van der Waals surface area contributed by atoms with Gasteiger partial charge < -0.3 is 15.2 Å². The van der Waals surface area contributed by atoms with Crippen molar-refractivity contribution >= 4 is 12.0 Å². The number of carboxylic acid groups (broad SMARTS) is 1. The average molecular weight is 443 g/mol. The molecule has 9 heteroatoms. The first-order valence-electron chi connectivity index (χ1n) is 10.1. The lowest BCUT2D eigenvalue weighted by atomic mass is 9.96. The van der Waals surface area contributed by atoms with Crippen LogP contribution in [0.2, 0.25) is 0 Å². The molecular weight excluding hydrogens is 423 g/mol. The molecule has 166 valence electrons. The lowest BCUT2D eigenvalue weighted by Crippen LogP contribution is -2.19. The minimum Gasteiger partial charge on any atom is -0.449 e. The molecular formula is C23H20F3N3O3. The molecule has 0 spiro atoms. The number of hydrogen-bond acceptors (Lipinski definition) is 5. The summed E-state index contributed by atoms with van der Waals surface area (Å²) in [6.45, 7) is 0.286. The van der Waals surface area contributed by atoms with Crippen molar-refractivity contribution in [2.75, 3.05) is 5.32 Å². The maximum atomic E-state index is 13.2.